The van der Waals surface area contributed by atoms with Gasteiger partial charge in [0, 0.05) is 54.5 Å². The highest BCUT2D eigenvalue weighted by Crippen LogP contribution is 2.23. The lowest BCUT2D eigenvalue weighted by Gasteiger charge is -2.35. The molecule has 0 saturated carbocycles. The van der Waals surface area contributed by atoms with Gasteiger partial charge in [-0.25, -0.2) is 0 Å². The van der Waals surface area contributed by atoms with E-state index in [9.17, 15) is 4.79 Å². The molecule has 33 heavy (non-hydrogen) atoms. The van der Waals surface area contributed by atoms with Gasteiger partial charge in [0.1, 0.15) is 0 Å². The molecular weight excluding hydrogens is 408 g/mol. The third-order valence-electron chi connectivity index (χ3n) is 6.40. The van der Waals surface area contributed by atoms with Crippen LogP contribution in [-0.4, -0.2) is 36.1 Å². The van der Waals surface area contributed by atoms with E-state index in [1.165, 1.54) is 11.3 Å². The van der Waals surface area contributed by atoms with Crippen LogP contribution in [0, 0.1) is 13.8 Å². The summed E-state index contributed by atoms with van der Waals surface area (Å²) in [7, 11) is 0. The Morgan fingerprint density at radius 2 is 1.85 bits per heavy atom. The Kier molecular flexibility index (Phi) is 7.40. The van der Waals surface area contributed by atoms with Gasteiger partial charge in [-0.15, -0.1) is 0 Å². The summed E-state index contributed by atoms with van der Waals surface area (Å²) in [5, 5.41) is 6.82. The van der Waals surface area contributed by atoms with Crippen LogP contribution in [-0.2, 0) is 6.42 Å². The molecule has 2 heterocycles. The molecule has 2 aromatic carbocycles. The minimum atomic E-state index is -0.0625. The summed E-state index contributed by atoms with van der Waals surface area (Å²) in [6, 6.07) is 19.2. The fourth-order valence-electron chi connectivity index (χ4n) is 4.66. The predicted molar refractivity (Wildman–Crippen MR) is 136 cm³/mol. The number of nitrogens with zero attached hydrogens (tertiary/aromatic N) is 2. The van der Waals surface area contributed by atoms with Gasteiger partial charge in [0.25, 0.3) is 5.91 Å². The number of aromatic nitrogens is 1. The van der Waals surface area contributed by atoms with Crippen LogP contribution in [0.15, 0.2) is 67.0 Å². The first-order valence-corrected chi connectivity index (χ1v) is 11.9. The molecule has 0 aliphatic carbocycles. The lowest BCUT2D eigenvalue weighted by atomic mass is 10.0. The van der Waals surface area contributed by atoms with Crippen LogP contribution in [0.25, 0.3) is 0 Å². The second-order valence-corrected chi connectivity index (χ2v) is 9.21. The van der Waals surface area contributed by atoms with Gasteiger partial charge in [-0.3, -0.25) is 9.78 Å². The van der Waals surface area contributed by atoms with Gasteiger partial charge in [0.05, 0.1) is 0 Å². The highest BCUT2D eigenvalue weighted by atomic mass is 16.1. The van der Waals surface area contributed by atoms with Crippen molar-refractivity contribution in [2.75, 3.05) is 23.3 Å². The molecule has 1 amide bonds. The number of hydrogen-bond donors (Lipinski definition) is 2. The summed E-state index contributed by atoms with van der Waals surface area (Å²) >= 11 is 0. The molecule has 1 aromatic heterocycles. The summed E-state index contributed by atoms with van der Waals surface area (Å²) < 4.78 is 0. The number of aryl methyl sites for hydroxylation is 2. The Labute approximate surface area is 197 Å². The van der Waals surface area contributed by atoms with Gasteiger partial charge in [-0.05, 0) is 87.6 Å². The number of anilines is 2. The van der Waals surface area contributed by atoms with Crippen LogP contribution in [0.3, 0.4) is 0 Å². The summed E-state index contributed by atoms with van der Waals surface area (Å²) in [6.07, 6.45) is 7.03. The molecule has 2 N–H and O–H groups in total. The Bertz CT molecular complexity index is 1060. The van der Waals surface area contributed by atoms with E-state index in [1.807, 2.05) is 62.6 Å². The molecule has 1 aliphatic heterocycles. The largest absolute Gasteiger partial charge is 0.371 e. The first-order valence-electron chi connectivity index (χ1n) is 11.9. The smallest absolute Gasteiger partial charge is 0.255 e. The minimum Gasteiger partial charge on any atom is -0.371 e. The summed E-state index contributed by atoms with van der Waals surface area (Å²) in [5.41, 5.74) is 6.19. The molecule has 5 nitrogen and oxygen atoms in total. The normalized spacial score (nSPS) is 15.3. The summed E-state index contributed by atoms with van der Waals surface area (Å²) in [6.45, 7) is 8.33. The molecule has 172 valence electrons. The first-order chi connectivity index (χ1) is 16.0. The van der Waals surface area contributed by atoms with E-state index in [4.69, 9.17) is 0 Å². The highest BCUT2D eigenvalue weighted by Gasteiger charge is 2.21. The van der Waals surface area contributed by atoms with Gasteiger partial charge in [0.2, 0.25) is 0 Å². The maximum atomic E-state index is 12.6. The van der Waals surface area contributed by atoms with Gasteiger partial charge in [-0.1, -0.05) is 23.8 Å². The fraction of sp³-hybridized carbons (Fsp3) is 0.357. The lowest BCUT2D eigenvalue weighted by molar-refractivity contribution is 0.102. The van der Waals surface area contributed by atoms with Crippen LogP contribution in [0.5, 0.6) is 0 Å². The van der Waals surface area contributed by atoms with E-state index in [0.717, 1.165) is 54.7 Å². The molecule has 0 radical (unpaired) electrons. The third kappa shape index (κ3) is 6.20. The van der Waals surface area contributed by atoms with Crippen molar-refractivity contribution in [1.82, 2.24) is 10.3 Å². The first kappa shape index (κ1) is 23.0. The number of rotatable bonds is 7. The van der Waals surface area contributed by atoms with Crippen molar-refractivity contribution >= 4 is 17.3 Å². The number of carbonyl (C=O) groups is 1. The zero-order valence-corrected chi connectivity index (χ0v) is 19.8. The number of hydrogen-bond acceptors (Lipinski definition) is 4. The number of amides is 1. The van der Waals surface area contributed by atoms with Gasteiger partial charge in [-0.2, -0.15) is 0 Å². The second kappa shape index (κ2) is 10.6. The van der Waals surface area contributed by atoms with Crippen LogP contribution in [0.2, 0.25) is 0 Å². The average molecular weight is 443 g/mol. The monoisotopic (exact) mass is 442 g/mol. The summed E-state index contributed by atoms with van der Waals surface area (Å²) in [4.78, 5) is 19.3. The Morgan fingerprint density at radius 1 is 1.09 bits per heavy atom. The Balaban J connectivity index is 1.26. The molecule has 1 atom stereocenters. The highest BCUT2D eigenvalue weighted by molar-refractivity contribution is 6.05. The zero-order valence-electron chi connectivity index (χ0n) is 19.8. The zero-order chi connectivity index (χ0) is 23.2. The number of nitrogens with one attached hydrogen (secondary N) is 2. The van der Waals surface area contributed by atoms with E-state index >= 15 is 0 Å². The average Bonchev–Trinajstić information content (AvgIpc) is 2.80. The van der Waals surface area contributed by atoms with Crippen molar-refractivity contribution < 1.29 is 4.79 Å². The van der Waals surface area contributed by atoms with E-state index in [0.29, 0.717) is 12.1 Å². The fourth-order valence-corrected chi connectivity index (χ4v) is 4.66. The molecule has 3 aromatic rings. The SMILES string of the molecule is Cc1ccc(C(=O)Nc2ccc(N3CCC(N[C@@H](C)Cc4cccnc4)CC3)cc2)c(C)c1. The van der Waals surface area contributed by atoms with Crippen LogP contribution < -0.4 is 15.5 Å². The maximum Gasteiger partial charge on any atom is 0.255 e. The number of carbonyl (C=O) groups excluding carboxylic acids is 1. The van der Waals surface area contributed by atoms with Crippen molar-refractivity contribution in [3.63, 3.8) is 0 Å². The molecule has 5 heteroatoms. The van der Waals surface area contributed by atoms with Gasteiger partial charge >= 0.3 is 0 Å². The van der Waals surface area contributed by atoms with Gasteiger partial charge in [0.15, 0.2) is 0 Å². The Morgan fingerprint density at radius 3 is 2.52 bits per heavy atom. The van der Waals surface area contributed by atoms with Crippen molar-refractivity contribution in [1.29, 1.82) is 0 Å². The van der Waals surface area contributed by atoms with Crippen molar-refractivity contribution in [3.8, 4) is 0 Å². The van der Waals surface area contributed by atoms with Crippen LogP contribution in [0.1, 0.15) is 46.8 Å². The second-order valence-electron chi connectivity index (χ2n) is 9.21. The quantitative estimate of drug-likeness (QED) is 0.532. The van der Waals surface area contributed by atoms with Crippen molar-refractivity contribution in [2.45, 2.75) is 52.1 Å². The maximum absolute atomic E-state index is 12.6. The van der Waals surface area contributed by atoms with E-state index in [-0.39, 0.29) is 5.91 Å². The molecule has 1 saturated heterocycles. The molecule has 0 bridgehead atoms. The topological polar surface area (TPSA) is 57.3 Å². The van der Waals surface area contributed by atoms with Crippen molar-refractivity contribution in [3.05, 3.63) is 89.2 Å². The Hall–Kier alpha value is -3.18. The molecule has 0 unspecified atom stereocenters. The van der Waals surface area contributed by atoms with Crippen LogP contribution >= 0.6 is 0 Å². The minimum absolute atomic E-state index is 0.0625. The molecule has 1 fully saturated rings. The lowest BCUT2D eigenvalue weighted by Crippen LogP contribution is -2.46. The van der Waals surface area contributed by atoms with E-state index in [2.05, 4.69) is 45.6 Å². The molecule has 4 rings (SSSR count). The number of piperidine rings is 1. The van der Waals surface area contributed by atoms with E-state index < -0.39 is 0 Å². The van der Waals surface area contributed by atoms with Crippen molar-refractivity contribution in [2.24, 2.45) is 0 Å². The summed E-state index contributed by atoms with van der Waals surface area (Å²) in [5.74, 6) is -0.0625. The van der Waals surface area contributed by atoms with E-state index in [1.54, 1.807) is 0 Å². The number of benzene rings is 2. The molecule has 0 spiro atoms. The molecular formula is C28H34N4O. The van der Waals surface area contributed by atoms with Crippen LogP contribution in [0.4, 0.5) is 11.4 Å². The number of pyridine rings is 1. The predicted octanol–water partition coefficient (Wildman–Crippen LogP) is 5.14. The van der Waals surface area contributed by atoms with Gasteiger partial charge < -0.3 is 15.5 Å². The standard InChI is InChI=1S/C28H34N4O/c1-20-6-11-27(21(2)17-20)28(33)31-24-7-9-26(10-8-24)32-15-12-25(13-16-32)30-22(3)18-23-5-4-14-29-19-23/h4-11,14,17,19,22,25,30H,12-13,15-16,18H2,1-3H3,(H,31,33)/t22-/m0/s1. The molecule has 1 aliphatic rings. The third-order valence-corrected chi connectivity index (χ3v) is 6.40.